The van der Waals surface area contributed by atoms with E-state index in [1.807, 2.05) is 0 Å². The summed E-state index contributed by atoms with van der Waals surface area (Å²) in [6.45, 7) is 0. The van der Waals surface area contributed by atoms with Gasteiger partial charge in [0.25, 0.3) is 0 Å². The molecule has 1 aliphatic heterocycles. The third-order valence-electron chi connectivity index (χ3n) is 1.98. The second-order valence-corrected chi connectivity index (χ2v) is 3.40. The zero-order valence-corrected chi connectivity index (χ0v) is 7.54. The Morgan fingerprint density at radius 2 is 2.31 bits per heavy atom. The van der Waals surface area contributed by atoms with Gasteiger partial charge >= 0.3 is 5.97 Å². The van der Waals surface area contributed by atoms with Crippen molar-refractivity contribution >= 4 is 17.6 Å². The van der Waals surface area contributed by atoms with Gasteiger partial charge < -0.3 is 10.5 Å². The topological polar surface area (TPSA) is 52.3 Å². The fraction of sp³-hybridized carbons (Fsp3) is 0.222. The summed E-state index contributed by atoms with van der Waals surface area (Å²) in [5.41, 5.74) is 6.54. The highest BCUT2D eigenvalue weighted by atomic mass is 35.5. The van der Waals surface area contributed by atoms with E-state index in [0.29, 0.717) is 10.8 Å². The van der Waals surface area contributed by atoms with Crippen LogP contribution < -0.4 is 10.5 Å². The molecule has 13 heavy (non-hydrogen) atoms. The normalized spacial score (nSPS) is 20.8. The van der Waals surface area contributed by atoms with Crippen LogP contribution in [-0.4, -0.2) is 5.97 Å². The van der Waals surface area contributed by atoms with E-state index in [9.17, 15) is 4.79 Å². The lowest BCUT2D eigenvalue weighted by atomic mass is 10.0. The van der Waals surface area contributed by atoms with Crippen molar-refractivity contribution in [1.29, 1.82) is 0 Å². The van der Waals surface area contributed by atoms with Crippen LogP contribution in [0.1, 0.15) is 18.0 Å². The van der Waals surface area contributed by atoms with Gasteiger partial charge in [-0.15, -0.1) is 0 Å². The molecule has 0 fully saturated rings. The minimum absolute atomic E-state index is 0.216. The number of hydrogen-bond donors (Lipinski definition) is 1. The average Bonchev–Trinajstić information content (AvgIpc) is 2.06. The maximum Gasteiger partial charge on any atom is 0.313 e. The van der Waals surface area contributed by atoms with E-state index in [2.05, 4.69) is 0 Å². The first-order valence-corrected chi connectivity index (χ1v) is 4.30. The summed E-state index contributed by atoms with van der Waals surface area (Å²) in [7, 11) is 0. The molecule has 0 saturated carbocycles. The molecule has 1 unspecified atom stereocenters. The first-order chi connectivity index (χ1) is 6.16. The van der Waals surface area contributed by atoms with Crippen LogP contribution in [-0.2, 0) is 4.79 Å². The van der Waals surface area contributed by atoms with Crippen LogP contribution in [0.2, 0.25) is 5.02 Å². The SMILES string of the molecule is NC1CC(=O)Oc2ccc(Cl)cc21. The molecule has 1 aromatic rings. The Bertz CT molecular complexity index is 365. The molecule has 0 saturated heterocycles. The molecule has 0 aliphatic carbocycles. The van der Waals surface area contributed by atoms with Gasteiger partial charge in [-0.3, -0.25) is 4.79 Å². The number of ether oxygens (including phenoxy) is 1. The smallest absolute Gasteiger partial charge is 0.313 e. The van der Waals surface area contributed by atoms with E-state index in [-0.39, 0.29) is 18.4 Å². The predicted molar refractivity (Wildman–Crippen MR) is 48.6 cm³/mol. The summed E-state index contributed by atoms with van der Waals surface area (Å²) in [4.78, 5) is 11.0. The second kappa shape index (κ2) is 3.01. The average molecular weight is 198 g/mol. The number of esters is 1. The van der Waals surface area contributed by atoms with Crippen molar-refractivity contribution in [3.8, 4) is 5.75 Å². The predicted octanol–water partition coefficient (Wildman–Crippen LogP) is 1.65. The van der Waals surface area contributed by atoms with Crippen LogP contribution >= 0.6 is 11.6 Å². The van der Waals surface area contributed by atoms with Crippen LogP contribution in [0.15, 0.2) is 18.2 Å². The van der Waals surface area contributed by atoms with Crippen molar-refractivity contribution in [2.75, 3.05) is 0 Å². The second-order valence-electron chi connectivity index (χ2n) is 2.97. The third kappa shape index (κ3) is 1.53. The fourth-order valence-electron chi connectivity index (χ4n) is 1.36. The molecule has 2 rings (SSSR count). The van der Waals surface area contributed by atoms with Crippen molar-refractivity contribution < 1.29 is 9.53 Å². The zero-order chi connectivity index (χ0) is 9.42. The Hall–Kier alpha value is -1.06. The standard InChI is InChI=1S/C9H8ClNO2/c10-5-1-2-8-6(3-5)7(11)4-9(12)13-8/h1-3,7H,4,11H2. The van der Waals surface area contributed by atoms with Crippen LogP contribution in [0, 0.1) is 0 Å². The van der Waals surface area contributed by atoms with Crippen molar-refractivity contribution in [2.45, 2.75) is 12.5 Å². The molecule has 0 aromatic heterocycles. The molecule has 1 atom stereocenters. The lowest BCUT2D eigenvalue weighted by Crippen LogP contribution is -2.25. The Morgan fingerprint density at radius 1 is 1.54 bits per heavy atom. The van der Waals surface area contributed by atoms with Crippen molar-refractivity contribution in [1.82, 2.24) is 0 Å². The van der Waals surface area contributed by atoms with E-state index in [0.717, 1.165) is 5.56 Å². The van der Waals surface area contributed by atoms with Crippen molar-refractivity contribution in [3.05, 3.63) is 28.8 Å². The molecule has 2 N–H and O–H groups in total. The van der Waals surface area contributed by atoms with E-state index in [1.165, 1.54) is 0 Å². The number of fused-ring (bicyclic) bond motifs is 1. The maximum absolute atomic E-state index is 11.0. The number of hydrogen-bond acceptors (Lipinski definition) is 3. The molecular weight excluding hydrogens is 190 g/mol. The molecule has 1 aliphatic rings. The van der Waals surface area contributed by atoms with Gasteiger partial charge in [0, 0.05) is 16.6 Å². The molecule has 0 radical (unpaired) electrons. The summed E-state index contributed by atoms with van der Waals surface area (Å²) in [6, 6.07) is 4.77. The number of nitrogens with two attached hydrogens (primary N) is 1. The minimum Gasteiger partial charge on any atom is -0.426 e. The van der Waals surface area contributed by atoms with Crippen LogP contribution in [0.4, 0.5) is 0 Å². The van der Waals surface area contributed by atoms with E-state index >= 15 is 0 Å². The lowest BCUT2D eigenvalue weighted by molar-refractivity contribution is -0.135. The highest BCUT2D eigenvalue weighted by molar-refractivity contribution is 6.30. The number of carbonyl (C=O) groups excluding carboxylic acids is 1. The zero-order valence-electron chi connectivity index (χ0n) is 6.79. The summed E-state index contributed by atoms with van der Waals surface area (Å²) in [5, 5.41) is 0.604. The van der Waals surface area contributed by atoms with Gasteiger partial charge in [0.1, 0.15) is 5.75 Å². The van der Waals surface area contributed by atoms with E-state index < -0.39 is 0 Å². The molecule has 1 aromatic carbocycles. The van der Waals surface area contributed by atoms with Crippen LogP contribution in [0.25, 0.3) is 0 Å². The summed E-state index contributed by atoms with van der Waals surface area (Å²) >= 11 is 5.78. The quantitative estimate of drug-likeness (QED) is 0.508. The Labute approximate surface area is 80.4 Å². The molecule has 0 bridgehead atoms. The van der Waals surface area contributed by atoms with Gasteiger partial charge in [0.2, 0.25) is 0 Å². The summed E-state index contributed by atoms with van der Waals surface area (Å²) < 4.78 is 4.98. The number of benzene rings is 1. The van der Waals surface area contributed by atoms with Gasteiger partial charge in [0.15, 0.2) is 0 Å². The molecule has 0 amide bonds. The number of carbonyl (C=O) groups is 1. The number of halogens is 1. The highest BCUT2D eigenvalue weighted by Gasteiger charge is 2.23. The van der Waals surface area contributed by atoms with Crippen molar-refractivity contribution in [2.24, 2.45) is 5.73 Å². The van der Waals surface area contributed by atoms with Gasteiger partial charge in [-0.2, -0.15) is 0 Å². The number of rotatable bonds is 0. The van der Waals surface area contributed by atoms with Gasteiger partial charge in [-0.25, -0.2) is 0 Å². The first-order valence-electron chi connectivity index (χ1n) is 3.92. The van der Waals surface area contributed by atoms with E-state index in [4.69, 9.17) is 22.1 Å². The molecule has 1 heterocycles. The molecule has 68 valence electrons. The summed E-state index contributed by atoms with van der Waals surface area (Å²) in [6.07, 6.45) is 0.216. The Balaban J connectivity index is 2.49. The largest absolute Gasteiger partial charge is 0.426 e. The summed E-state index contributed by atoms with van der Waals surface area (Å²) in [5.74, 6) is 0.232. The van der Waals surface area contributed by atoms with Gasteiger partial charge in [0.05, 0.1) is 6.42 Å². The molecule has 4 heteroatoms. The monoisotopic (exact) mass is 197 g/mol. The third-order valence-corrected chi connectivity index (χ3v) is 2.22. The Kier molecular flexibility index (Phi) is 1.98. The Morgan fingerprint density at radius 3 is 3.08 bits per heavy atom. The maximum atomic E-state index is 11.0. The molecule has 0 spiro atoms. The first kappa shape index (κ1) is 8.53. The van der Waals surface area contributed by atoms with Crippen LogP contribution in [0.5, 0.6) is 5.75 Å². The minimum atomic E-state index is -0.296. The lowest BCUT2D eigenvalue weighted by Gasteiger charge is -2.20. The van der Waals surface area contributed by atoms with Gasteiger partial charge in [-0.05, 0) is 18.2 Å². The van der Waals surface area contributed by atoms with Crippen LogP contribution in [0.3, 0.4) is 0 Å². The fourth-order valence-corrected chi connectivity index (χ4v) is 1.54. The molecular formula is C9H8ClNO2. The highest BCUT2D eigenvalue weighted by Crippen LogP contribution is 2.32. The van der Waals surface area contributed by atoms with E-state index in [1.54, 1.807) is 18.2 Å². The molecule has 3 nitrogen and oxygen atoms in total. The van der Waals surface area contributed by atoms with Gasteiger partial charge in [-0.1, -0.05) is 11.6 Å². The van der Waals surface area contributed by atoms with Crippen molar-refractivity contribution in [3.63, 3.8) is 0 Å².